The third-order valence-electron chi connectivity index (χ3n) is 3.17. The van der Waals surface area contributed by atoms with Crippen molar-refractivity contribution in [2.24, 2.45) is 0 Å². The van der Waals surface area contributed by atoms with Gasteiger partial charge in [-0.15, -0.1) is 0 Å². The molecule has 0 saturated carbocycles. The fraction of sp³-hybridized carbons (Fsp3) is 0.833. The molecule has 2 N–H and O–H groups in total. The lowest BCUT2D eigenvalue weighted by molar-refractivity contribution is -0.131. The molecule has 0 spiro atoms. The van der Waals surface area contributed by atoms with Gasteiger partial charge >= 0.3 is 0 Å². The van der Waals surface area contributed by atoms with Gasteiger partial charge in [0.1, 0.15) is 12.2 Å². The second-order valence-electron chi connectivity index (χ2n) is 4.59. The standard InChI is InChI=1S/C12H20N2O4/c15-11(9-3-1-7-17-9)13-5-6-14-12(16)10-4-2-8-18-10/h9-10H,1-8H2,(H,13,15)(H,14,16)/t9-,10-/m0/s1. The molecule has 2 atom stereocenters. The maximum Gasteiger partial charge on any atom is 0.249 e. The van der Waals surface area contributed by atoms with E-state index in [9.17, 15) is 9.59 Å². The first-order valence-corrected chi connectivity index (χ1v) is 6.56. The number of carbonyl (C=O) groups excluding carboxylic acids is 2. The summed E-state index contributed by atoms with van der Waals surface area (Å²) in [6.45, 7) is 2.18. The van der Waals surface area contributed by atoms with Crippen molar-refractivity contribution in [2.75, 3.05) is 26.3 Å². The van der Waals surface area contributed by atoms with Gasteiger partial charge in [-0.05, 0) is 25.7 Å². The van der Waals surface area contributed by atoms with Crippen molar-refractivity contribution >= 4 is 11.8 Å². The van der Waals surface area contributed by atoms with E-state index in [0.717, 1.165) is 25.7 Å². The van der Waals surface area contributed by atoms with Crippen LogP contribution in [-0.2, 0) is 19.1 Å². The Hall–Kier alpha value is -1.14. The van der Waals surface area contributed by atoms with Crippen molar-refractivity contribution in [2.45, 2.75) is 37.9 Å². The highest BCUT2D eigenvalue weighted by Crippen LogP contribution is 2.12. The van der Waals surface area contributed by atoms with E-state index < -0.39 is 0 Å². The maximum atomic E-state index is 11.6. The van der Waals surface area contributed by atoms with Crippen LogP contribution in [0.2, 0.25) is 0 Å². The van der Waals surface area contributed by atoms with Crippen molar-refractivity contribution in [1.29, 1.82) is 0 Å². The van der Waals surface area contributed by atoms with Crippen LogP contribution in [0, 0.1) is 0 Å². The monoisotopic (exact) mass is 256 g/mol. The lowest BCUT2D eigenvalue weighted by Crippen LogP contribution is -2.41. The molecule has 0 aromatic heterocycles. The maximum absolute atomic E-state index is 11.6. The molecule has 0 aliphatic carbocycles. The van der Waals surface area contributed by atoms with Crippen LogP contribution in [0.5, 0.6) is 0 Å². The zero-order valence-electron chi connectivity index (χ0n) is 10.4. The molecule has 102 valence electrons. The minimum absolute atomic E-state index is 0.0844. The lowest BCUT2D eigenvalue weighted by atomic mass is 10.2. The summed E-state index contributed by atoms with van der Waals surface area (Å²) in [5, 5.41) is 5.50. The third kappa shape index (κ3) is 3.68. The van der Waals surface area contributed by atoms with Gasteiger partial charge in [0.15, 0.2) is 0 Å². The highest BCUT2D eigenvalue weighted by Gasteiger charge is 2.24. The number of nitrogens with one attached hydrogen (secondary N) is 2. The van der Waals surface area contributed by atoms with Gasteiger partial charge < -0.3 is 20.1 Å². The Balaban J connectivity index is 1.55. The molecule has 18 heavy (non-hydrogen) atoms. The molecular formula is C12H20N2O4. The average molecular weight is 256 g/mol. The molecule has 2 aliphatic heterocycles. The summed E-state index contributed by atoms with van der Waals surface area (Å²) >= 11 is 0. The molecule has 2 amide bonds. The summed E-state index contributed by atoms with van der Waals surface area (Å²) in [6, 6.07) is 0. The largest absolute Gasteiger partial charge is 0.368 e. The number of ether oxygens (including phenoxy) is 2. The molecule has 2 fully saturated rings. The van der Waals surface area contributed by atoms with Crippen LogP contribution < -0.4 is 10.6 Å². The minimum Gasteiger partial charge on any atom is -0.368 e. The second-order valence-corrected chi connectivity index (χ2v) is 4.59. The molecule has 0 bridgehead atoms. The van der Waals surface area contributed by atoms with Gasteiger partial charge in [-0.3, -0.25) is 9.59 Å². The van der Waals surface area contributed by atoms with Gasteiger partial charge in [-0.1, -0.05) is 0 Å². The van der Waals surface area contributed by atoms with E-state index >= 15 is 0 Å². The minimum atomic E-state index is -0.307. The molecule has 2 rings (SSSR count). The van der Waals surface area contributed by atoms with Gasteiger partial charge in [0.2, 0.25) is 11.8 Å². The van der Waals surface area contributed by atoms with Gasteiger partial charge in [-0.25, -0.2) is 0 Å². The van der Waals surface area contributed by atoms with Crippen LogP contribution in [0.4, 0.5) is 0 Å². The first-order chi connectivity index (χ1) is 8.77. The molecular weight excluding hydrogens is 236 g/mol. The van der Waals surface area contributed by atoms with Crippen LogP contribution in [0.1, 0.15) is 25.7 Å². The average Bonchev–Trinajstić information content (AvgIpc) is 3.05. The Bertz CT molecular complexity index is 266. The Morgan fingerprint density at radius 2 is 1.33 bits per heavy atom. The molecule has 0 unspecified atom stereocenters. The Labute approximate surface area is 106 Å². The lowest BCUT2D eigenvalue weighted by Gasteiger charge is -2.12. The predicted molar refractivity (Wildman–Crippen MR) is 64.0 cm³/mol. The van der Waals surface area contributed by atoms with Crippen molar-refractivity contribution in [1.82, 2.24) is 10.6 Å². The third-order valence-corrected chi connectivity index (χ3v) is 3.17. The first-order valence-electron chi connectivity index (χ1n) is 6.56. The van der Waals surface area contributed by atoms with Crippen molar-refractivity contribution in [3.05, 3.63) is 0 Å². The number of carbonyl (C=O) groups is 2. The fourth-order valence-electron chi connectivity index (χ4n) is 2.17. The first kappa shape index (κ1) is 13.3. The second kappa shape index (κ2) is 6.70. The van der Waals surface area contributed by atoms with Gasteiger partial charge in [-0.2, -0.15) is 0 Å². The van der Waals surface area contributed by atoms with Crippen LogP contribution in [0.15, 0.2) is 0 Å². The summed E-state index contributed by atoms with van der Waals surface area (Å²) in [4.78, 5) is 23.1. The molecule has 6 nitrogen and oxygen atoms in total. The molecule has 2 aliphatic rings. The van der Waals surface area contributed by atoms with E-state index in [1.54, 1.807) is 0 Å². The van der Waals surface area contributed by atoms with Gasteiger partial charge in [0.05, 0.1) is 0 Å². The molecule has 0 aromatic carbocycles. The quantitative estimate of drug-likeness (QED) is 0.655. The van der Waals surface area contributed by atoms with Crippen LogP contribution in [0.3, 0.4) is 0 Å². The van der Waals surface area contributed by atoms with E-state index in [2.05, 4.69) is 10.6 Å². The van der Waals surface area contributed by atoms with E-state index in [-0.39, 0.29) is 24.0 Å². The highest BCUT2D eigenvalue weighted by molar-refractivity contribution is 5.82. The number of hydrogen-bond donors (Lipinski definition) is 2. The zero-order valence-corrected chi connectivity index (χ0v) is 10.4. The van der Waals surface area contributed by atoms with E-state index in [4.69, 9.17) is 9.47 Å². The molecule has 2 heterocycles. The summed E-state index contributed by atoms with van der Waals surface area (Å²) in [5.41, 5.74) is 0. The Morgan fingerprint density at radius 3 is 1.67 bits per heavy atom. The molecule has 0 aromatic rings. The van der Waals surface area contributed by atoms with Crippen LogP contribution in [-0.4, -0.2) is 50.3 Å². The van der Waals surface area contributed by atoms with E-state index in [1.807, 2.05) is 0 Å². The van der Waals surface area contributed by atoms with Gasteiger partial charge in [0, 0.05) is 26.3 Å². The smallest absolute Gasteiger partial charge is 0.249 e. The molecule has 0 radical (unpaired) electrons. The number of amides is 2. The Kier molecular flexibility index (Phi) is 4.95. The molecule has 6 heteroatoms. The Morgan fingerprint density at radius 1 is 0.889 bits per heavy atom. The molecule has 2 saturated heterocycles. The van der Waals surface area contributed by atoms with Crippen molar-refractivity contribution in [3.63, 3.8) is 0 Å². The van der Waals surface area contributed by atoms with E-state index in [0.29, 0.717) is 26.3 Å². The van der Waals surface area contributed by atoms with Gasteiger partial charge in [0.25, 0.3) is 0 Å². The zero-order chi connectivity index (χ0) is 12.8. The van der Waals surface area contributed by atoms with E-state index in [1.165, 1.54) is 0 Å². The summed E-state index contributed by atoms with van der Waals surface area (Å²) in [5.74, 6) is -0.169. The van der Waals surface area contributed by atoms with Crippen LogP contribution in [0.25, 0.3) is 0 Å². The fourth-order valence-corrected chi connectivity index (χ4v) is 2.17. The predicted octanol–water partition coefficient (Wildman–Crippen LogP) is -0.423. The van der Waals surface area contributed by atoms with Crippen molar-refractivity contribution < 1.29 is 19.1 Å². The number of rotatable bonds is 5. The van der Waals surface area contributed by atoms with Crippen LogP contribution >= 0.6 is 0 Å². The highest BCUT2D eigenvalue weighted by atomic mass is 16.5. The normalized spacial score (nSPS) is 27.1. The van der Waals surface area contributed by atoms with Crippen molar-refractivity contribution in [3.8, 4) is 0 Å². The summed E-state index contributed by atoms with van der Waals surface area (Å²) in [6.07, 6.45) is 2.84. The summed E-state index contributed by atoms with van der Waals surface area (Å²) < 4.78 is 10.5. The SMILES string of the molecule is O=C(NCCNC(=O)[C@@H]1CCCO1)[C@@H]1CCCO1. The summed E-state index contributed by atoms with van der Waals surface area (Å²) in [7, 11) is 0. The topological polar surface area (TPSA) is 76.7 Å². The number of hydrogen-bond acceptors (Lipinski definition) is 4.